The first-order chi connectivity index (χ1) is 8.54. The van der Waals surface area contributed by atoms with Crippen molar-refractivity contribution in [3.8, 4) is 5.75 Å². The Morgan fingerprint density at radius 3 is 2.44 bits per heavy atom. The average Bonchev–Trinajstić information content (AvgIpc) is 2.33. The van der Waals surface area contributed by atoms with Crippen molar-refractivity contribution in [1.82, 2.24) is 10.2 Å². The summed E-state index contributed by atoms with van der Waals surface area (Å²) in [6.07, 6.45) is 0. The van der Waals surface area contributed by atoms with Crippen molar-refractivity contribution < 1.29 is 4.74 Å². The molecule has 1 aromatic rings. The number of anilines is 1. The second-order valence-electron chi connectivity index (χ2n) is 4.88. The fourth-order valence-corrected chi connectivity index (χ4v) is 1.74. The normalized spacial score (nSPS) is 10.8. The summed E-state index contributed by atoms with van der Waals surface area (Å²) in [6.45, 7) is 2.91. The van der Waals surface area contributed by atoms with Gasteiger partial charge in [0.2, 0.25) is 0 Å². The van der Waals surface area contributed by atoms with E-state index in [1.807, 2.05) is 14.1 Å². The summed E-state index contributed by atoms with van der Waals surface area (Å²) in [5.74, 6) is 0.923. The highest BCUT2D eigenvalue weighted by atomic mass is 16.5. The molecule has 0 aliphatic rings. The van der Waals surface area contributed by atoms with Gasteiger partial charge in [-0.2, -0.15) is 0 Å². The van der Waals surface area contributed by atoms with E-state index in [1.54, 1.807) is 7.11 Å². The van der Waals surface area contributed by atoms with Crippen LogP contribution in [0.3, 0.4) is 0 Å². The highest BCUT2D eigenvalue weighted by Gasteiger charge is 2.05. The molecule has 4 heteroatoms. The second kappa shape index (κ2) is 7.24. The predicted molar refractivity (Wildman–Crippen MR) is 77.6 cm³/mol. The SMILES string of the molecule is COc1cc(CNCCN(C)C)ccc1N(C)C. The van der Waals surface area contributed by atoms with E-state index in [2.05, 4.69) is 47.4 Å². The summed E-state index contributed by atoms with van der Waals surface area (Å²) in [5.41, 5.74) is 2.35. The Hall–Kier alpha value is -1.26. The summed E-state index contributed by atoms with van der Waals surface area (Å²) >= 11 is 0. The maximum atomic E-state index is 5.41. The van der Waals surface area contributed by atoms with E-state index in [1.165, 1.54) is 5.56 Å². The van der Waals surface area contributed by atoms with Crippen molar-refractivity contribution in [3.63, 3.8) is 0 Å². The molecule has 0 saturated heterocycles. The van der Waals surface area contributed by atoms with Crippen LogP contribution in [0.4, 0.5) is 5.69 Å². The van der Waals surface area contributed by atoms with Crippen LogP contribution >= 0.6 is 0 Å². The van der Waals surface area contributed by atoms with Crippen molar-refractivity contribution in [2.45, 2.75) is 6.54 Å². The summed E-state index contributed by atoms with van der Waals surface area (Å²) in [7, 11) is 9.92. The zero-order chi connectivity index (χ0) is 13.5. The molecule has 0 bridgehead atoms. The van der Waals surface area contributed by atoms with Crippen molar-refractivity contribution in [3.05, 3.63) is 23.8 Å². The van der Waals surface area contributed by atoms with Gasteiger partial charge in [0.1, 0.15) is 5.75 Å². The van der Waals surface area contributed by atoms with Gasteiger partial charge in [0, 0.05) is 33.7 Å². The molecule has 1 aromatic carbocycles. The Kier molecular flexibility index (Phi) is 5.95. The quantitative estimate of drug-likeness (QED) is 0.742. The minimum Gasteiger partial charge on any atom is -0.495 e. The number of methoxy groups -OCH3 is 1. The molecule has 0 saturated carbocycles. The van der Waals surface area contributed by atoms with Gasteiger partial charge in [0.15, 0.2) is 0 Å². The lowest BCUT2D eigenvalue weighted by molar-refractivity contribution is 0.399. The Balaban J connectivity index is 2.57. The molecular weight excluding hydrogens is 226 g/mol. The van der Waals surface area contributed by atoms with Gasteiger partial charge in [-0.05, 0) is 31.8 Å². The summed E-state index contributed by atoms with van der Waals surface area (Å²) in [6, 6.07) is 6.33. The van der Waals surface area contributed by atoms with E-state index >= 15 is 0 Å². The molecule has 0 aliphatic carbocycles. The molecule has 0 unspecified atom stereocenters. The van der Waals surface area contributed by atoms with E-state index in [0.717, 1.165) is 31.1 Å². The summed E-state index contributed by atoms with van der Waals surface area (Å²) < 4.78 is 5.41. The molecule has 0 heterocycles. The third-order valence-corrected chi connectivity index (χ3v) is 2.79. The zero-order valence-corrected chi connectivity index (χ0v) is 12.2. The lowest BCUT2D eigenvalue weighted by Gasteiger charge is -2.17. The Labute approximate surface area is 111 Å². The molecule has 0 atom stereocenters. The fourth-order valence-electron chi connectivity index (χ4n) is 1.74. The number of hydrogen-bond acceptors (Lipinski definition) is 4. The van der Waals surface area contributed by atoms with Gasteiger partial charge in [-0.3, -0.25) is 0 Å². The molecular formula is C14H25N3O. The average molecular weight is 251 g/mol. The van der Waals surface area contributed by atoms with Crippen LogP contribution in [0.5, 0.6) is 5.75 Å². The van der Waals surface area contributed by atoms with Crippen molar-refractivity contribution in [2.75, 3.05) is 53.3 Å². The first kappa shape index (κ1) is 14.8. The molecule has 0 aromatic heterocycles. The van der Waals surface area contributed by atoms with Gasteiger partial charge in [-0.25, -0.2) is 0 Å². The largest absolute Gasteiger partial charge is 0.495 e. The Morgan fingerprint density at radius 1 is 1.17 bits per heavy atom. The van der Waals surface area contributed by atoms with E-state index in [9.17, 15) is 0 Å². The molecule has 4 nitrogen and oxygen atoms in total. The van der Waals surface area contributed by atoms with Crippen LogP contribution in [0.15, 0.2) is 18.2 Å². The maximum absolute atomic E-state index is 5.41. The van der Waals surface area contributed by atoms with E-state index in [0.29, 0.717) is 0 Å². The minimum absolute atomic E-state index is 0.873. The molecule has 0 amide bonds. The Bertz CT molecular complexity index is 364. The lowest BCUT2D eigenvalue weighted by atomic mass is 10.1. The molecule has 0 radical (unpaired) electrons. The van der Waals surface area contributed by atoms with Crippen molar-refractivity contribution >= 4 is 5.69 Å². The number of nitrogens with one attached hydrogen (secondary N) is 1. The number of nitrogens with zero attached hydrogens (tertiary/aromatic N) is 2. The summed E-state index contributed by atoms with van der Waals surface area (Å²) in [5, 5.41) is 3.42. The van der Waals surface area contributed by atoms with Crippen LogP contribution in [-0.2, 0) is 6.54 Å². The second-order valence-corrected chi connectivity index (χ2v) is 4.88. The highest BCUT2D eigenvalue weighted by molar-refractivity contribution is 5.58. The van der Waals surface area contributed by atoms with Gasteiger partial charge in [0.05, 0.1) is 12.8 Å². The molecule has 0 spiro atoms. The van der Waals surface area contributed by atoms with Crippen LogP contribution in [0.2, 0.25) is 0 Å². The number of benzene rings is 1. The molecule has 1 N–H and O–H groups in total. The number of likely N-dealkylation sites (N-methyl/N-ethyl adjacent to an activating group) is 1. The van der Waals surface area contributed by atoms with Gasteiger partial charge in [-0.15, -0.1) is 0 Å². The maximum Gasteiger partial charge on any atom is 0.142 e. The van der Waals surface area contributed by atoms with E-state index < -0.39 is 0 Å². The zero-order valence-electron chi connectivity index (χ0n) is 12.2. The van der Waals surface area contributed by atoms with Gasteiger partial charge < -0.3 is 19.9 Å². The smallest absolute Gasteiger partial charge is 0.142 e. The van der Waals surface area contributed by atoms with Crippen LogP contribution < -0.4 is 15.0 Å². The first-order valence-electron chi connectivity index (χ1n) is 6.24. The molecule has 0 aliphatic heterocycles. The van der Waals surface area contributed by atoms with Gasteiger partial charge in [0.25, 0.3) is 0 Å². The molecule has 1 rings (SSSR count). The first-order valence-corrected chi connectivity index (χ1v) is 6.24. The number of ether oxygens (including phenoxy) is 1. The minimum atomic E-state index is 0.873. The van der Waals surface area contributed by atoms with Crippen molar-refractivity contribution in [2.24, 2.45) is 0 Å². The van der Waals surface area contributed by atoms with Crippen LogP contribution in [0, 0.1) is 0 Å². The third kappa shape index (κ3) is 4.55. The standard InChI is InChI=1S/C14H25N3O/c1-16(2)9-8-15-11-12-6-7-13(17(3)4)14(10-12)18-5/h6-7,10,15H,8-9,11H2,1-5H3. The highest BCUT2D eigenvalue weighted by Crippen LogP contribution is 2.27. The molecule has 18 heavy (non-hydrogen) atoms. The van der Waals surface area contributed by atoms with E-state index in [4.69, 9.17) is 4.74 Å². The number of rotatable bonds is 7. The van der Waals surface area contributed by atoms with Crippen LogP contribution in [-0.4, -0.2) is 53.3 Å². The van der Waals surface area contributed by atoms with Crippen LogP contribution in [0.1, 0.15) is 5.56 Å². The lowest BCUT2D eigenvalue weighted by Crippen LogP contribution is -2.26. The predicted octanol–water partition coefficient (Wildman–Crippen LogP) is 1.41. The molecule has 0 fully saturated rings. The summed E-state index contributed by atoms with van der Waals surface area (Å²) in [4.78, 5) is 4.23. The van der Waals surface area contributed by atoms with Crippen LogP contribution in [0.25, 0.3) is 0 Å². The van der Waals surface area contributed by atoms with Gasteiger partial charge in [-0.1, -0.05) is 6.07 Å². The Morgan fingerprint density at radius 2 is 1.89 bits per heavy atom. The number of hydrogen-bond donors (Lipinski definition) is 1. The molecule has 102 valence electrons. The fraction of sp³-hybridized carbons (Fsp3) is 0.571. The van der Waals surface area contributed by atoms with Crippen molar-refractivity contribution in [1.29, 1.82) is 0 Å². The topological polar surface area (TPSA) is 27.7 Å². The van der Waals surface area contributed by atoms with Gasteiger partial charge >= 0.3 is 0 Å². The monoisotopic (exact) mass is 251 g/mol. The third-order valence-electron chi connectivity index (χ3n) is 2.79. The van der Waals surface area contributed by atoms with E-state index in [-0.39, 0.29) is 0 Å².